The maximum atomic E-state index is 13.4. The van der Waals surface area contributed by atoms with Gasteiger partial charge in [-0.3, -0.25) is 0 Å². The number of rotatable bonds is 2. The van der Waals surface area contributed by atoms with E-state index in [1.165, 1.54) is 12.1 Å². The standard InChI is InChI=1S/C15H12ClFN2O/c1-8(20)15-18-13-3-2-9(6-14(13)19-15)10-4-11(16)7-12(17)5-10/h2-8,20H,1H3,(H,18,19)/t8-/m0/s1. The largest absolute Gasteiger partial charge is 0.385 e. The number of fused-ring (bicyclic) bond motifs is 1. The van der Waals surface area contributed by atoms with Gasteiger partial charge in [0.2, 0.25) is 0 Å². The predicted octanol–water partition coefficient (Wildman–Crippen LogP) is 4.08. The first-order chi connectivity index (χ1) is 9.52. The zero-order valence-corrected chi connectivity index (χ0v) is 11.4. The van der Waals surface area contributed by atoms with E-state index in [-0.39, 0.29) is 5.82 Å². The van der Waals surface area contributed by atoms with Gasteiger partial charge in [0, 0.05) is 5.02 Å². The molecule has 0 saturated carbocycles. The molecular weight excluding hydrogens is 279 g/mol. The summed E-state index contributed by atoms with van der Waals surface area (Å²) in [5, 5.41) is 9.88. The second kappa shape index (κ2) is 4.89. The minimum absolute atomic E-state index is 0.356. The van der Waals surface area contributed by atoms with Crippen LogP contribution in [0, 0.1) is 5.82 Å². The van der Waals surface area contributed by atoms with Crippen molar-refractivity contribution in [3.8, 4) is 11.1 Å². The fourth-order valence-electron chi connectivity index (χ4n) is 2.13. The van der Waals surface area contributed by atoms with Gasteiger partial charge in [0.1, 0.15) is 17.7 Å². The summed E-state index contributed by atoms with van der Waals surface area (Å²) in [5.74, 6) is 0.135. The third-order valence-electron chi connectivity index (χ3n) is 3.09. The molecule has 0 amide bonds. The highest BCUT2D eigenvalue weighted by Crippen LogP contribution is 2.27. The van der Waals surface area contributed by atoms with E-state index in [0.29, 0.717) is 16.4 Å². The molecular formula is C15H12ClFN2O. The van der Waals surface area contributed by atoms with Crippen molar-refractivity contribution in [2.75, 3.05) is 0 Å². The Morgan fingerprint density at radius 3 is 2.70 bits per heavy atom. The number of aromatic amines is 1. The Balaban J connectivity index is 2.12. The van der Waals surface area contributed by atoms with Crippen LogP contribution in [0.25, 0.3) is 22.2 Å². The molecule has 0 unspecified atom stereocenters. The first kappa shape index (κ1) is 13.1. The second-order valence-electron chi connectivity index (χ2n) is 4.69. The van der Waals surface area contributed by atoms with Crippen LogP contribution in [0.1, 0.15) is 18.9 Å². The molecule has 0 radical (unpaired) electrons. The monoisotopic (exact) mass is 290 g/mol. The summed E-state index contributed by atoms with van der Waals surface area (Å²) in [6.45, 7) is 1.64. The SMILES string of the molecule is C[C@H](O)c1nc2ccc(-c3cc(F)cc(Cl)c3)cc2[nH]1. The molecule has 5 heteroatoms. The van der Waals surface area contributed by atoms with Crippen molar-refractivity contribution in [1.29, 1.82) is 0 Å². The lowest BCUT2D eigenvalue weighted by atomic mass is 10.1. The maximum absolute atomic E-state index is 13.4. The van der Waals surface area contributed by atoms with Crippen molar-refractivity contribution in [2.24, 2.45) is 0 Å². The number of halogens is 2. The molecule has 0 bridgehead atoms. The van der Waals surface area contributed by atoms with Gasteiger partial charge in [0.25, 0.3) is 0 Å². The molecule has 3 nitrogen and oxygen atoms in total. The molecule has 20 heavy (non-hydrogen) atoms. The van der Waals surface area contributed by atoms with Crippen LogP contribution < -0.4 is 0 Å². The van der Waals surface area contributed by atoms with Crippen LogP contribution in [0.3, 0.4) is 0 Å². The molecule has 1 atom stereocenters. The number of aliphatic hydroxyl groups is 1. The number of hydrogen-bond acceptors (Lipinski definition) is 2. The lowest BCUT2D eigenvalue weighted by molar-refractivity contribution is 0.190. The first-order valence-electron chi connectivity index (χ1n) is 6.17. The number of aliphatic hydroxyl groups excluding tert-OH is 1. The van der Waals surface area contributed by atoms with Crippen LogP contribution in [0.5, 0.6) is 0 Å². The zero-order valence-electron chi connectivity index (χ0n) is 10.7. The molecule has 3 rings (SSSR count). The fourth-order valence-corrected chi connectivity index (χ4v) is 2.35. The molecule has 0 aliphatic carbocycles. The molecule has 0 aliphatic heterocycles. The summed E-state index contributed by atoms with van der Waals surface area (Å²) in [4.78, 5) is 7.32. The summed E-state index contributed by atoms with van der Waals surface area (Å²) in [7, 11) is 0. The van der Waals surface area contributed by atoms with Gasteiger partial charge < -0.3 is 10.1 Å². The van der Waals surface area contributed by atoms with Crippen LogP contribution in [0.4, 0.5) is 4.39 Å². The van der Waals surface area contributed by atoms with Gasteiger partial charge >= 0.3 is 0 Å². The molecule has 0 aliphatic rings. The highest BCUT2D eigenvalue weighted by atomic mass is 35.5. The molecule has 2 N–H and O–H groups in total. The van der Waals surface area contributed by atoms with Crippen molar-refractivity contribution in [2.45, 2.75) is 13.0 Å². The lowest BCUT2D eigenvalue weighted by Crippen LogP contribution is -1.92. The van der Waals surface area contributed by atoms with Crippen molar-refractivity contribution in [3.05, 3.63) is 53.1 Å². The molecule has 0 saturated heterocycles. The smallest absolute Gasteiger partial charge is 0.135 e. The zero-order chi connectivity index (χ0) is 14.3. The second-order valence-corrected chi connectivity index (χ2v) is 5.12. The van der Waals surface area contributed by atoms with E-state index in [9.17, 15) is 9.50 Å². The molecule has 102 valence electrons. The van der Waals surface area contributed by atoms with E-state index in [2.05, 4.69) is 9.97 Å². The number of hydrogen-bond donors (Lipinski definition) is 2. The number of H-pyrrole nitrogens is 1. The summed E-state index contributed by atoms with van der Waals surface area (Å²) in [6.07, 6.45) is -0.658. The molecule has 3 aromatic rings. The molecule has 2 aromatic carbocycles. The summed E-state index contributed by atoms with van der Waals surface area (Å²) in [5.41, 5.74) is 3.08. The number of imidazole rings is 1. The van der Waals surface area contributed by atoms with Gasteiger partial charge in [-0.2, -0.15) is 0 Å². The number of aromatic nitrogens is 2. The van der Waals surface area contributed by atoms with Gasteiger partial charge in [-0.25, -0.2) is 9.37 Å². The van der Waals surface area contributed by atoms with E-state index >= 15 is 0 Å². The third-order valence-corrected chi connectivity index (χ3v) is 3.31. The Bertz CT molecular complexity index is 762. The molecule has 0 spiro atoms. The van der Waals surface area contributed by atoms with Crippen LogP contribution in [0.2, 0.25) is 5.02 Å². The summed E-state index contributed by atoms with van der Waals surface area (Å²) in [6, 6.07) is 9.94. The van der Waals surface area contributed by atoms with E-state index in [4.69, 9.17) is 11.6 Å². The minimum Gasteiger partial charge on any atom is -0.385 e. The first-order valence-corrected chi connectivity index (χ1v) is 6.55. The average Bonchev–Trinajstić information content (AvgIpc) is 2.80. The van der Waals surface area contributed by atoms with Crippen molar-refractivity contribution < 1.29 is 9.50 Å². The lowest BCUT2D eigenvalue weighted by Gasteiger charge is -2.03. The summed E-state index contributed by atoms with van der Waals surface area (Å²) >= 11 is 5.87. The van der Waals surface area contributed by atoms with Crippen molar-refractivity contribution in [3.63, 3.8) is 0 Å². The van der Waals surface area contributed by atoms with E-state index in [1.54, 1.807) is 13.0 Å². The quantitative estimate of drug-likeness (QED) is 0.747. The van der Waals surface area contributed by atoms with Crippen LogP contribution in [-0.4, -0.2) is 15.1 Å². The number of nitrogens with one attached hydrogen (secondary N) is 1. The van der Waals surface area contributed by atoms with Gasteiger partial charge in [0.15, 0.2) is 0 Å². The topological polar surface area (TPSA) is 48.9 Å². The highest BCUT2D eigenvalue weighted by molar-refractivity contribution is 6.30. The Morgan fingerprint density at radius 1 is 1.20 bits per heavy atom. The van der Waals surface area contributed by atoms with Crippen molar-refractivity contribution >= 4 is 22.6 Å². The van der Waals surface area contributed by atoms with Gasteiger partial charge in [-0.1, -0.05) is 17.7 Å². The normalized spacial score (nSPS) is 12.8. The molecule has 0 fully saturated rings. The number of nitrogens with zero attached hydrogens (tertiary/aromatic N) is 1. The van der Waals surface area contributed by atoms with Gasteiger partial charge in [-0.15, -0.1) is 0 Å². The minimum atomic E-state index is -0.658. The Morgan fingerprint density at radius 2 is 2.00 bits per heavy atom. The Kier molecular flexibility index (Phi) is 3.20. The van der Waals surface area contributed by atoms with Gasteiger partial charge in [0.05, 0.1) is 11.0 Å². The molecule has 1 aromatic heterocycles. The van der Waals surface area contributed by atoms with Gasteiger partial charge in [-0.05, 0) is 48.4 Å². The van der Waals surface area contributed by atoms with Crippen LogP contribution in [0.15, 0.2) is 36.4 Å². The van der Waals surface area contributed by atoms with E-state index < -0.39 is 6.10 Å². The highest BCUT2D eigenvalue weighted by Gasteiger charge is 2.09. The Hall–Kier alpha value is -1.91. The Labute approximate surface area is 120 Å². The maximum Gasteiger partial charge on any atom is 0.135 e. The van der Waals surface area contributed by atoms with E-state index in [1.807, 2.05) is 18.2 Å². The van der Waals surface area contributed by atoms with Crippen molar-refractivity contribution in [1.82, 2.24) is 9.97 Å². The summed E-state index contributed by atoms with van der Waals surface area (Å²) < 4.78 is 13.4. The fraction of sp³-hybridized carbons (Fsp3) is 0.133. The average molecular weight is 291 g/mol. The van der Waals surface area contributed by atoms with Crippen LogP contribution >= 0.6 is 11.6 Å². The van der Waals surface area contributed by atoms with E-state index in [0.717, 1.165) is 16.6 Å². The third kappa shape index (κ3) is 2.40. The predicted molar refractivity (Wildman–Crippen MR) is 77.1 cm³/mol. The molecule has 1 heterocycles. The van der Waals surface area contributed by atoms with Crippen LogP contribution in [-0.2, 0) is 0 Å². The number of benzene rings is 2.